The maximum atomic E-state index is 5.99. The second kappa shape index (κ2) is 5.31. The van der Waals surface area contributed by atoms with Crippen molar-refractivity contribution in [2.75, 3.05) is 5.32 Å². The van der Waals surface area contributed by atoms with E-state index in [2.05, 4.69) is 20.3 Å². The number of hydrogen-bond acceptors (Lipinski definition) is 3. The molecule has 6 heteroatoms. The SMILES string of the molecule is Cc1cc2c(NCc3cc(Cl)cc(Cl)c3)ncnc2[nH]1. The van der Waals surface area contributed by atoms with Gasteiger partial charge in [-0.15, -0.1) is 0 Å². The van der Waals surface area contributed by atoms with E-state index in [9.17, 15) is 0 Å². The Balaban J connectivity index is 1.86. The maximum Gasteiger partial charge on any atom is 0.143 e. The van der Waals surface area contributed by atoms with Crippen molar-refractivity contribution in [2.24, 2.45) is 0 Å². The van der Waals surface area contributed by atoms with Crippen LogP contribution in [0.5, 0.6) is 0 Å². The molecule has 0 aliphatic rings. The summed E-state index contributed by atoms with van der Waals surface area (Å²) >= 11 is 12.0. The van der Waals surface area contributed by atoms with Gasteiger partial charge in [0.15, 0.2) is 0 Å². The summed E-state index contributed by atoms with van der Waals surface area (Å²) in [4.78, 5) is 11.7. The van der Waals surface area contributed by atoms with E-state index < -0.39 is 0 Å². The number of aromatic nitrogens is 3. The van der Waals surface area contributed by atoms with Crippen LogP contribution in [0.1, 0.15) is 11.3 Å². The molecular formula is C14H12Cl2N4. The van der Waals surface area contributed by atoms with E-state index in [0.29, 0.717) is 16.6 Å². The first-order valence-corrected chi connectivity index (χ1v) is 6.86. The van der Waals surface area contributed by atoms with Crippen LogP contribution in [-0.4, -0.2) is 15.0 Å². The first kappa shape index (κ1) is 13.2. The Morgan fingerprint density at radius 1 is 1.10 bits per heavy atom. The van der Waals surface area contributed by atoms with Gasteiger partial charge in [-0.2, -0.15) is 0 Å². The van der Waals surface area contributed by atoms with Gasteiger partial charge in [-0.1, -0.05) is 23.2 Å². The average Bonchev–Trinajstić information content (AvgIpc) is 2.76. The standard InChI is InChI=1S/C14H12Cl2N4/c1-8-2-12-13(18-7-19-14(12)20-8)17-6-9-3-10(15)5-11(16)4-9/h2-5,7H,6H2,1H3,(H2,17,18,19,20). The van der Waals surface area contributed by atoms with E-state index in [-0.39, 0.29) is 0 Å². The van der Waals surface area contributed by atoms with Crippen LogP contribution in [0.25, 0.3) is 11.0 Å². The molecule has 2 heterocycles. The largest absolute Gasteiger partial charge is 0.365 e. The summed E-state index contributed by atoms with van der Waals surface area (Å²) in [6, 6.07) is 7.48. The van der Waals surface area contributed by atoms with Gasteiger partial charge >= 0.3 is 0 Å². The van der Waals surface area contributed by atoms with E-state index in [1.165, 1.54) is 6.33 Å². The average molecular weight is 307 g/mol. The van der Waals surface area contributed by atoms with Gasteiger partial charge in [-0.25, -0.2) is 9.97 Å². The van der Waals surface area contributed by atoms with Crippen LogP contribution in [0.3, 0.4) is 0 Å². The van der Waals surface area contributed by atoms with Gasteiger partial charge in [-0.3, -0.25) is 0 Å². The Kier molecular flexibility index (Phi) is 3.51. The Bertz CT molecular complexity index is 747. The summed E-state index contributed by atoms with van der Waals surface area (Å²) in [5.74, 6) is 0.787. The third-order valence-electron chi connectivity index (χ3n) is 2.94. The molecule has 0 spiro atoms. The lowest BCUT2D eigenvalue weighted by Crippen LogP contribution is -2.02. The summed E-state index contributed by atoms with van der Waals surface area (Å²) < 4.78 is 0. The molecule has 0 saturated carbocycles. The molecule has 0 amide bonds. The molecule has 0 saturated heterocycles. The summed E-state index contributed by atoms with van der Waals surface area (Å²) in [5, 5.41) is 5.50. The van der Waals surface area contributed by atoms with Gasteiger partial charge in [0.05, 0.1) is 5.39 Å². The molecule has 2 N–H and O–H groups in total. The minimum atomic E-state index is 0.594. The Hall–Kier alpha value is -1.78. The van der Waals surface area contributed by atoms with Crippen LogP contribution in [0.15, 0.2) is 30.6 Å². The van der Waals surface area contributed by atoms with E-state index >= 15 is 0 Å². The Labute approximate surface area is 126 Å². The number of nitrogens with zero attached hydrogens (tertiary/aromatic N) is 2. The molecule has 0 radical (unpaired) electrons. The fourth-order valence-electron chi connectivity index (χ4n) is 2.11. The van der Waals surface area contributed by atoms with Crippen molar-refractivity contribution < 1.29 is 0 Å². The highest BCUT2D eigenvalue weighted by atomic mass is 35.5. The van der Waals surface area contributed by atoms with Gasteiger partial charge in [0.2, 0.25) is 0 Å². The highest BCUT2D eigenvalue weighted by Gasteiger charge is 2.06. The summed E-state index contributed by atoms with van der Waals surface area (Å²) in [7, 11) is 0. The molecular weight excluding hydrogens is 295 g/mol. The van der Waals surface area contributed by atoms with Crippen molar-refractivity contribution in [1.82, 2.24) is 15.0 Å². The van der Waals surface area contributed by atoms with E-state index in [1.54, 1.807) is 6.07 Å². The molecule has 102 valence electrons. The molecule has 3 aromatic rings. The number of hydrogen-bond donors (Lipinski definition) is 2. The lowest BCUT2D eigenvalue weighted by Gasteiger charge is -2.07. The Morgan fingerprint density at radius 3 is 2.60 bits per heavy atom. The quantitative estimate of drug-likeness (QED) is 0.763. The lowest BCUT2D eigenvalue weighted by atomic mass is 10.2. The second-order valence-electron chi connectivity index (χ2n) is 4.57. The van der Waals surface area contributed by atoms with E-state index in [4.69, 9.17) is 23.2 Å². The first-order chi connectivity index (χ1) is 9.61. The molecule has 0 aliphatic carbocycles. The predicted octanol–water partition coefficient (Wildman–Crippen LogP) is 4.19. The maximum absolute atomic E-state index is 5.99. The topological polar surface area (TPSA) is 53.6 Å². The number of fused-ring (bicyclic) bond motifs is 1. The van der Waals surface area contributed by atoms with Crippen LogP contribution in [0.4, 0.5) is 5.82 Å². The number of aromatic amines is 1. The minimum absolute atomic E-state index is 0.594. The van der Waals surface area contributed by atoms with Crippen LogP contribution in [-0.2, 0) is 6.54 Å². The van der Waals surface area contributed by atoms with Gasteiger partial charge in [0.1, 0.15) is 17.8 Å². The van der Waals surface area contributed by atoms with Crippen molar-refractivity contribution >= 4 is 40.1 Å². The van der Waals surface area contributed by atoms with Crippen molar-refractivity contribution in [3.8, 4) is 0 Å². The molecule has 3 rings (SSSR count). The fraction of sp³-hybridized carbons (Fsp3) is 0.143. The lowest BCUT2D eigenvalue weighted by molar-refractivity contribution is 1.10. The minimum Gasteiger partial charge on any atom is -0.365 e. The highest BCUT2D eigenvalue weighted by Crippen LogP contribution is 2.22. The molecule has 20 heavy (non-hydrogen) atoms. The monoisotopic (exact) mass is 306 g/mol. The predicted molar refractivity (Wildman–Crippen MR) is 82.4 cm³/mol. The molecule has 4 nitrogen and oxygen atoms in total. The van der Waals surface area contributed by atoms with Crippen molar-refractivity contribution in [1.29, 1.82) is 0 Å². The molecule has 0 bridgehead atoms. The van der Waals surface area contributed by atoms with Gasteiger partial charge in [-0.05, 0) is 36.8 Å². The van der Waals surface area contributed by atoms with E-state index in [0.717, 1.165) is 28.1 Å². The summed E-state index contributed by atoms with van der Waals surface area (Å²) in [6.45, 7) is 2.58. The zero-order valence-corrected chi connectivity index (χ0v) is 12.3. The van der Waals surface area contributed by atoms with Gasteiger partial charge in [0, 0.05) is 22.3 Å². The third kappa shape index (κ3) is 2.71. The van der Waals surface area contributed by atoms with Gasteiger partial charge in [0.25, 0.3) is 0 Å². The normalized spacial score (nSPS) is 10.9. The number of rotatable bonds is 3. The second-order valence-corrected chi connectivity index (χ2v) is 5.44. The zero-order chi connectivity index (χ0) is 14.1. The molecule has 1 aromatic carbocycles. The fourth-order valence-corrected chi connectivity index (χ4v) is 2.68. The van der Waals surface area contributed by atoms with Crippen LogP contribution < -0.4 is 5.32 Å². The summed E-state index contributed by atoms with van der Waals surface area (Å²) in [5.41, 5.74) is 2.87. The van der Waals surface area contributed by atoms with Crippen LogP contribution in [0.2, 0.25) is 10.0 Å². The number of H-pyrrole nitrogens is 1. The van der Waals surface area contributed by atoms with Crippen molar-refractivity contribution in [3.05, 3.63) is 51.9 Å². The number of anilines is 1. The zero-order valence-electron chi connectivity index (χ0n) is 10.7. The van der Waals surface area contributed by atoms with Crippen molar-refractivity contribution in [3.63, 3.8) is 0 Å². The number of benzene rings is 1. The van der Waals surface area contributed by atoms with Crippen LogP contribution >= 0.6 is 23.2 Å². The molecule has 0 atom stereocenters. The Morgan fingerprint density at radius 2 is 1.85 bits per heavy atom. The molecule has 0 fully saturated rings. The molecule has 0 aliphatic heterocycles. The third-order valence-corrected chi connectivity index (χ3v) is 3.38. The number of halogens is 2. The summed E-state index contributed by atoms with van der Waals surface area (Å²) in [6.07, 6.45) is 1.53. The van der Waals surface area contributed by atoms with Crippen molar-refractivity contribution in [2.45, 2.75) is 13.5 Å². The van der Waals surface area contributed by atoms with Crippen LogP contribution in [0, 0.1) is 6.92 Å². The van der Waals surface area contributed by atoms with E-state index in [1.807, 2.05) is 25.1 Å². The first-order valence-electron chi connectivity index (χ1n) is 6.11. The van der Waals surface area contributed by atoms with Gasteiger partial charge < -0.3 is 10.3 Å². The number of aryl methyl sites for hydroxylation is 1. The molecule has 2 aromatic heterocycles. The highest BCUT2D eigenvalue weighted by molar-refractivity contribution is 6.34. The number of nitrogens with one attached hydrogen (secondary N) is 2. The molecule has 0 unspecified atom stereocenters. The smallest absolute Gasteiger partial charge is 0.143 e.